The number of ketones is 1. The number of anilines is 2. The minimum absolute atomic E-state index is 0.141. The van der Waals surface area contributed by atoms with Crippen LogP contribution < -0.4 is 15.7 Å². The van der Waals surface area contributed by atoms with Crippen LogP contribution in [0.25, 0.3) is 0 Å². The predicted molar refractivity (Wildman–Crippen MR) is 134 cm³/mol. The van der Waals surface area contributed by atoms with Crippen molar-refractivity contribution in [2.45, 2.75) is 27.7 Å². The molecule has 0 atom stereocenters. The number of hydrogen-bond donors (Lipinski definition) is 3. The molecule has 3 N–H and O–H groups in total. The molecule has 0 radical (unpaired) electrons. The third-order valence-electron chi connectivity index (χ3n) is 5.34. The largest absolute Gasteiger partial charge is 0.858 e. The zero-order chi connectivity index (χ0) is 24.8. The van der Waals surface area contributed by atoms with E-state index in [1.165, 1.54) is 29.8 Å². The normalized spacial score (nSPS) is 11.9. The lowest BCUT2D eigenvalue weighted by molar-refractivity contribution is -0.299. The van der Waals surface area contributed by atoms with E-state index in [9.17, 15) is 24.6 Å². The fourth-order valence-corrected chi connectivity index (χ4v) is 7.69. The summed E-state index contributed by atoms with van der Waals surface area (Å²) in [5, 5.41) is 31.2. The summed E-state index contributed by atoms with van der Waals surface area (Å²) in [6.45, 7) is 6.83. The van der Waals surface area contributed by atoms with E-state index in [2.05, 4.69) is 10.6 Å². The van der Waals surface area contributed by atoms with Gasteiger partial charge in [0.2, 0.25) is 0 Å². The maximum atomic E-state index is 12.9. The first kappa shape index (κ1) is 27.0. The van der Waals surface area contributed by atoms with Crippen LogP contribution in [0.2, 0.25) is 0 Å². The number of carbonyl (C=O) groups is 3. The number of aliphatic hydroxyl groups is 1. The Morgan fingerprint density at radius 3 is 2.12 bits per heavy atom. The third kappa shape index (κ3) is 6.41. The van der Waals surface area contributed by atoms with Crippen molar-refractivity contribution in [3.63, 3.8) is 0 Å². The number of carbonyl (C=O) groups excluding carboxylic acids is 3. The molecule has 8 nitrogen and oxygen atoms in total. The first-order valence-corrected chi connectivity index (χ1v) is 14.5. The third-order valence-corrected chi connectivity index (χ3v) is 11.8. The average Bonchev–Trinajstić information content (AvgIpc) is 3.34. The quantitative estimate of drug-likeness (QED) is 0.181. The molecule has 0 aliphatic heterocycles. The number of rotatable bonds is 11. The summed E-state index contributed by atoms with van der Waals surface area (Å²) in [7, 11) is -0.836. The first-order chi connectivity index (χ1) is 15.6. The summed E-state index contributed by atoms with van der Waals surface area (Å²) in [5.74, 6) is -0.0191. The Morgan fingerprint density at radius 1 is 1.06 bits per heavy atom. The van der Waals surface area contributed by atoms with Gasteiger partial charge in [-0.2, -0.15) is 0 Å². The van der Waals surface area contributed by atoms with Crippen molar-refractivity contribution in [2.24, 2.45) is 0 Å². The number of aryl methyl sites for hydroxylation is 2. The standard InChI is InChI=1S/C22H29N2O6PS2/c1-6-31(7-2,9-16(27)23-18-13(3)11-32-20(18)15(26)8-25)10-17(28)24-19-14(4)12-33-21(19)22(29)30-5/h10-12,25H,6-9H2,1-5H3,(H2-,23,24,26,27,28,29)/b17-10+. The molecule has 1 amide bonds. The number of thiophene rings is 2. The number of nitrogens with one attached hydrogen (secondary N) is 2. The van der Waals surface area contributed by atoms with Crippen LogP contribution in [-0.2, 0) is 9.53 Å². The van der Waals surface area contributed by atoms with Gasteiger partial charge in [0.15, 0.2) is 5.78 Å². The Hall–Kier alpha value is -2.26. The molecule has 33 heavy (non-hydrogen) atoms. The molecule has 2 rings (SSSR count). The molecule has 11 heteroatoms. The Morgan fingerprint density at radius 2 is 1.61 bits per heavy atom. The summed E-state index contributed by atoms with van der Waals surface area (Å²) in [6, 6.07) is 0. The molecule has 2 aromatic rings. The van der Waals surface area contributed by atoms with Gasteiger partial charge in [-0.3, -0.25) is 9.59 Å². The molecule has 0 aliphatic rings. The number of methoxy groups -OCH3 is 1. The minimum Gasteiger partial charge on any atom is -0.858 e. The van der Waals surface area contributed by atoms with E-state index in [0.717, 1.165) is 11.1 Å². The molecule has 0 aromatic carbocycles. The lowest BCUT2D eigenvalue weighted by Crippen LogP contribution is -2.23. The molecule has 0 fully saturated rings. The van der Waals surface area contributed by atoms with Crippen molar-refractivity contribution in [1.29, 1.82) is 0 Å². The topological polar surface area (TPSA) is 128 Å². The van der Waals surface area contributed by atoms with Crippen LogP contribution in [0.5, 0.6) is 0 Å². The highest BCUT2D eigenvalue weighted by molar-refractivity contribution is 7.79. The summed E-state index contributed by atoms with van der Waals surface area (Å²) in [5.41, 5.74) is 2.33. The lowest BCUT2D eigenvalue weighted by atomic mass is 10.2. The van der Waals surface area contributed by atoms with Gasteiger partial charge in [0.05, 0.1) is 41.5 Å². The highest BCUT2D eigenvalue weighted by Crippen LogP contribution is 2.60. The van der Waals surface area contributed by atoms with Crippen LogP contribution in [0.1, 0.15) is 44.3 Å². The van der Waals surface area contributed by atoms with Crippen molar-refractivity contribution in [3.05, 3.63) is 43.3 Å². The van der Waals surface area contributed by atoms with Gasteiger partial charge in [-0.05, 0) is 55.5 Å². The summed E-state index contributed by atoms with van der Waals surface area (Å²) < 4.78 is 4.79. The Kier molecular flexibility index (Phi) is 9.60. The van der Waals surface area contributed by atoms with E-state index in [4.69, 9.17) is 4.74 Å². The van der Waals surface area contributed by atoms with Crippen molar-refractivity contribution in [3.8, 4) is 0 Å². The van der Waals surface area contributed by atoms with Crippen LogP contribution in [0.4, 0.5) is 11.4 Å². The number of amides is 1. The molecule has 2 aromatic heterocycles. The molecule has 0 spiro atoms. The van der Waals surface area contributed by atoms with Crippen LogP contribution in [0.3, 0.4) is 0 Å². The molecule has 0 aliphatic carbocycles. The molecule has 0 saturated heterocycles. The Bertz CT molecular complexity index is 1060. The van der Waals surface area contributed by atoms with Gasteiger partial charge in [-0.1, -0.05) is 0 Å². The molecule has 0 bridgehead atoms. The second kappa shape index (κ2) is 11.7. The van der Waals surface area contributed by atoms with Gasteiger partial charge in [0, 0.05) is 7.26 Å². The highest BCUT2D eigenvalue weighted by atomic mass is 32.1. The zero-order valence-electron chi connectivity index (χ0n) is 19.3. The maximum Gasteiger partial charge on any atom is 0.350 e. The van der Waals surface area contributed by atoms with Gasteiger partial charge >= 0.3 is 5.97 Å². The summed E-state index contributed by atoms with van der Waals surface area (Å²) >= 11 is 2.37. The van der Waals surface area contributed by atoms with E-state index >= 15 is 0 Å². The maximum absolute atomic E-state index is 12.9. The second-order valence-corrected chi connectivity index (χ2v) is 13.5. The van der Waals surface area contributed by atoms with E-state index in [-0.39, 0.29) is 18.0 Å². The van der Waals surface area contributed by atoms with E-state index < -0.39 is 25.6 Å². The van der Waals surface area contributed by atoms with E-state index in [1.54, 1.807) is 30.4 Å². The van der Waals surface area contributed by atoms with E-state index in [1.807, 2.05) is 13.8 Å². The second-order valence-electron chi connectivity index (χ2n) is 7.49. The van der Waals surface area contributed by atoms with Crippen molar-refractivity contribution in [1.82, 2.24) is 0 Å². The van der Waals surface area contributed by atoms with Gasteiger partial charge in [0.1, 0.15) is 17.6 Å². The van der Waals surface area contributed by atoms with Crippen LogP contribution in [-0.4, -0.2) is 55.0 Å². The number of aliphatic hydroxyl groups excluding tert-OH is 1. The molecule has 180 valence electrons. The minimum atomic E-state index is -2.12. The molecular formula is C22H29N2O6PS2. The SMILES string of the molecule is CC[P+](/C=C(/[O-])Nc1c(C)csc1C(=O)OC)(CC)CC(=O)Nc1c(C)csc1C(=O)CO. The number of esters is 1. The number of hydrogen-bond acceptors (Lipinski definition) is 9. The van der Waals surface area contributed by atoms with Crippen molar-refractivity contribution in [2.75, 3.05) is 42.8 Å². The fraction of sp³-hybridized carbons (Fsp3) is 0.409. The average molecular weight is 513 g/mol. The van der Waals surface area contributed by atoms with Gasteiger partial charge in [-0.25, -0.2) is 4.79 Å². The van der Waals surface area contributed by atoms with Gasteiger partial charge in [-0.15, -0.1) is 22.7 Å². The Balaban J connectivity index is 2.25. The smallest absolute Gasteiger partial charge is 0.350 e. The summed E-state index contributed by atoms with van der Waals surface area (Å²) in [6.07, 6.45) is 1.42. The van der Waals surface area contributed by atoms with Gasteiger partial charge in [0.25, 0.3) is 5.91 Å². The van der Waals surface area contributed by atoms with Crippen LogP contribution >= 0.6 is 29.9 Å². The van der Waals surface area contributed by atoms with Crippen LogP contribution in [0.15, 0.2) is 22.5 Å². The molecule has 0 saturated carbocycles. The van der Waals surface area contributed by atoms with Crippen molar-refractivity contribution >= 4 is 59.0 Å². The van der Waals surface area contributed by atoms with Crippen LogP contribution in [0, 0.1) is 13.8 Å². The first-order valence-electron chi connectivity index (χ1n) is 10.3. The number of ether oxygens (including phenoxy) is 1. The lowest BCUT2D eigenvalue weighted by Gasteiger charge is -2.25. The molecule has 2 heterocycles. The monoisotopic (exact) mass is 512 g/mol. The molecular weight excluding hydrogens is 483 g/mol. The highest BCUT2D eigenvalue weighted by Gasteiger charge is 2.35. The predicted octanol–water partition coefficient (Wildman–Crippen LogP) is 3.66. The van der Waals surface area contributed by atoms with Crippen molar-refractivity contribution < 1.29 is 29.3 Å². The van der Waals surface area contributed by atoms with Gasteiger partial charge < -0.3 is 25.6 Å². The summed E-state index contributed by atoms with van der Waals surface area (Å²) in [4.78, 5) is 37.5. The fourth-order valence-electron chi connectivity index (χ4n) is 3.26. The zero-order valence-corrected chi connectivity index (χ0v) is 21.8. The number of Topliss-reactive ketones (excluding diaryl/α,β-unsaturated/α-hetero) is 1. The molecule has 0 unspecified atom stereocenters. The Labute approximate surface area is 202 Å². The van der Waals surface area contributed by atoms with E-state index in [0.29, 0.717) is 33.5 Å².